The number of hydrogen-bond donors (Lipinski definition) is 1. The molecule has 0 saturated heterocycles. The molecule has 3 heterocycles. The third-order valence-corrected chi connectivity index (χ3v) is 5.64. The highest BCUT2D eigenvalue weighted by Gasteiger charge is 2.26. The van der Waals surface area contributed by atoms with Crippen molar-refractivity contribution in [2.24, 2.45) is 5.92 Å². The summed E-state index contributed by atoms with van der Waals surface area (Å²) in [4.78, 5) is 19.3. The summed E-state index contributed by atoms with van der Waals surface area (Å²) in [6, 6.07) is 13.9. The fourth-order valence-electron chi connectivity index (χ4n) is 4.09. The predicted octanol–water partition coefficient (Wildman–Crippen LogP) is 3.25. The van der Waals surface area contributed by atoms with E-state index in [0.29, 0.717) is 11.5 Å². The molecule has 7 heteroatoms. The van der Waals surface area contributed by atoms with Gasteiger partial charge in [-0.05, 0) is 30.0 Å². The zero-order valence-electron chi connectivity index (χ0n) is 18.2. The van der Waals surface area contributed by atoms with Crippen molar-refractivity contribution >= 4 is 5.91 Å². The van der Waals surface area contributed by atoms with E-state index in [1.54, 1.807) is 24.5 Å². The van der Waals surface area contributed by atoms with E-state index in [4.69, 9.17) is 0 Å². The van der Waals surface area contributed by atoms with Crippen LogP contribution >= 0.6 is 0 Å². The lowest BCUT2D eigenvalue weighted by Gasteiger charge is -2.22. The zero-order chi connectivity index (χ0) is 21.6. The Hall–Kier alpha value is -3.06. The van der Waals surface area contributed by atoms with Crippen molar-refractivity contribution in [1.82, 2.24) is 30.0 Å². The number of fused-ring (bicyclic) bond motifs is 1. The maximum absolute atomic E-state index is 12.8. The average Bonchev–Trinajstić information content (AvgIpc) is 3.08. The number of pyridine rings is 1. The van der Waals surface area contributed by atoms with Gasteiger partial charge >= 0.3 is 0 Å². The molecule has 0 bridgehead atoms. The van der Waals surface area contributed by atoms with Crippen LogP contribution in [0.15, 0.2) is 54.9 Å². The third-order valence-electron chi connectivity index (χ3n) is 5.64. The molecule has 3 aromatic rings. The van der Waals surface area contributed by atoms with Crippen molar-refractivity contribution in [2.75, 3.05) is 13.1 Å². The lowest BCUT2D eigenvalue weighted by atomic mass is 10.0. The smallest absolute Gasteiger partial charge is 0.253 e. The molecule has 1 amide bonds. The molecule has 31 heavy (non-hydrogen) atoms. The number of nitrogens with zero attached hydrogens (tertiary/aromatic N) is 5. The predicted molar refractivity (Wildman–Crippen MR) is 119 cm³/mol. The van der Waals surface area contributed by atoms with Crippen LogP contribution in [0.25, 0.3) is 0 Å². The SMILES string of the molecule is CC(C)CC(NC(=O)c1cccnc1)c1nnc2n1CCN(Cc1ccccc1)CC2. The fraction of sp³-hybridized carbons (Fsp3) is 0.417. The molecule has 0 fully saturated rings. The van der Waals surface area contributed by atoms with Gasteiger partial charge in [0.25, 0.3) is 5.91 Å². The minimum absolute atomic E-state index is 0.129. The molecule has 1 aromatic carbocycles. The van der Waals surface area contributed by atoms with Gasteiger partial charge in [0.2, 0.25) is 0 Å². The summed E-state index contributed by atoms with van der Waals surface area (Å²) in [5, 5.41) is 12.2. The van der Waals surface area contributed by atoms with Crippen LogP contribution in [-0.2, 0) is 19.5 Å². The molecular weight excluding hydrogens is 388 g/mol. The molecule has 2 aromatic heterocycles. The summed E-state index contributed by atoms with van der Waals surface area (Å²) in [6.45, 7) is 7.94. The second kappa shape index (κ2) is 9.83. The summed E-state index contributed by atoms with van der Waals surface area (Å²) in [5.74, 6) is 2.13. The van der Waals surface area contributed by atoms with Crippen LogP contribution in [0.1, 0.15) is 53.9 Å². The molecule has 1 atom stereocenters. The Morgan fingerprint density at radius 2 is 1.90 bits per heavy atom. The van der Waals surface area contributed by atoms with E-state index in [-0.39, 0.29) is 11.9 Å². The Labute approximate surface area is 183 Å². The first-order valence-electron chi connectivity index (χ1n) is 11.0. The van der Waals surface area contributed by atoms with Gasteiger partial charge in [-0.25, -0.2) is 0 Å². The lowest BCUT2D eigenvalue weighted by Crippen LogP contribution is -2.32. The number of amides is 1. The van der Waals surface area contributed by atoms with Gasteiger partial charge in [-0.15, -0.1) is 10.2 Å². The van der Waals surface area contributed by atoms with E-state index in [1.807, 2.05) is 6.07 Å². The first-order chi connectivity index (χ1) is 15.1. The van der Waals surface area contributed by atoms with Crippen LogP contribution in [0.3, 0.4) is 0 Å². The highest BCUT2D eigenvalue weighted by molar-refractivity contribution is 5.94. The van der Waals surface area contributed by atoms with Gasteiger partial charge in [0.05, 0.1) is 11.6 Å². The first kappa shape index (κ1) is 21.2. The Kier molecular flexibility index (Phi) is 6.72. The highest BCUT2D eigenvalue weighted by atomic mass is 16.1. The van der Waals surface area contributed by atoms with Crippen molar-refractivity contribution in [3.05, 3.63) is 77.6 Å². The molecule has 1 aliphatic heterocycles. The van der Waals surface area contributed by atoms with E-state index in [2.05, 4.69) is 68.1 Å². The van der Waals surface area contributed by atoms with Crippen LogP contribution in [0.5, 0.6) is 0 Å². The van der Waals surface area contributed by atoms with Crippen LogP contribution in [0, 0.1) is 5.92 Å². The number of carbonyl (C=O) groups excluding carboxylic acids is 1. The molecular formula is C24H30N6O. The molecule has 1 aliphatic rings. The third kappa shape index (κ3) is 5.35. The zero-order valence-corrected chi connectivity index (χ0v) is 18.2. The van der Waals surface area contributed by atoms with Crippen LogP contribution < -0.4 is 5.32 Å². The molecule has 162 valence electrons. The Balaban J connectivity index is 1.50. The van der Waals surface area contributed by atoms with Crippen molar-refractivity contribution in [2.45, 2.75) is 45.8 Å². The fourth-order valence-corrected chi connectivity index (χ4v) is 4.09. The maximum Gasteiger partial charge on any atom is 0.253 e. The van der Waals surface area contributed by atoms with Crippen molar-refractivity contribution < 1.29 is 4.79 Å². The van der Waals surface area contributed by atoms with E-state index in [1.165, 1.54) is 5.56 Å². The number of hydrogen-bond acceptors (Lipinski definition) is 5. The van der Waals surface area contributed by atoms with E-state index >= 15 is 0 Å². The van der Waals surface area contributed by atoms with Crippen molar-refractivity contribution in [3.63, 3.8) is 0 Å². The number of rotatable bonds is 7. The molecule has 0 aliphatic carbocycles. The second-order valence-corrected chi connectivity index (χ2v) is 8.54. The summed E-state index contributed by atoms with van der Waals surface area (Å²) >= 11 is 0. The summed E-state index contributed by atoms with van der Waals surface area (Å²) in [7, 11) is 0. The summed E-state index contributed by atoms with van der Waals surface area (Å²) in [5.41, 5.74) is 1.88. The van der Waals surface area contributed by atoms with E-state index in [9.17, 15) is 4.79 Å². The molecule has 0 spiro atoms. The largest absolute Gasteiger partial charge is 0.342 e. The van der Waals surface area contributed by atoms with Gasteiger partial charge in [0.1, 0.15) is 5.82 Å². The molecule has 7 nitrogen and oxygen atoms in total. The van der Waals surface area contributed by atoms with Gasteiger partial charge in [-0.3, -0.25) is 14.7 Å². The minimum atomic E-state index is -0.186. The van der Waals surface area contributed by atoms with Crippen LogP contribution in [-0.4, -0.2) is 43.6 Å². The number of benzene rings is 1. The van der Waals surface area contributed by atoms with Gasteiger partial charge in [-0.1, -0.05) is 44.2 Å². The summed E-state index contributed by atoms with van der Waals surface area (Å²) < 4.78 is 2.21. The molecule has 0 radical (unpaired) electrons. The molecule has 1 unspecified atom stereocenters. The van der Waals surface area contributed by atoms with E-state index in [0.717, 1.165) is 50.7 Å². The molecule has 0 saturated carbocycles. The minimum Gasteiger partial charge on any atom is -0.342 e. The van der Waals surface area contributed by atoms with Crippen molar-refractivity contribution in [1.29, 1.82) is 0 Å². The Morgan fingerprint density at radius 3 is 2.65 bits per heavy atom. The average molecular weight is 419 g/mol. The van der Waals surface area contributed by atoms with Gasteiger partial charge in [-0.2, -0.15) is 0 Å². The number of carbonyl (C=O) groups is 1. The standard InChI is InChI=1S/C24H30N6O/c1-18(2)15-21(26-24(31)20-9-6-11-25-16-20)23-28-27-22-10-12-29(13-14-30(22)23)17-19-7-4-3-5-8-19/h3-9,11,16,18,21H,10,12-15,17H2,1-2H3,(H,26,31). The van der Waals surface area contributed by atoms with Gasteiger partial charge in [0.15, 0.2) is 5.82 Å². The second-order valence-electron chi connectivity index (χ2n) is 8.54. The molecule has 1 N–H and O–H groups in total. The summed E-state index contributed by atoms with van der Waals surface area (Å²) in [6.07, 6.45) is 4.91. The maximum atomic E-state index is 12.8. The molecule has 4 rings (SSSR count). The first-order valence-corrected chi connectivity index (χ1v) is 11.0. The number of aromatic nitrogens is 4. The van der Waals surface area contributed by atoms with E-state index < -0.39 is 0 Å². The topological polar surface area (TPSA) is 75.9 Å². The van der Waals surface area contributed by atoms with Crippen LogP contribution in [0.2, 0.25) is 0 Å². The van der Waals surface area contributed by atoms with Crippen molar-refractivity contribution in [3.8, 4) is 0 Å². The van der Waals surface area contributed by atoms with Gasteiger partial charge < -0.3 is 9.88 Å². The van der Waals surface area contributed by atoms with Gasteiger partial charge in [0, 0.05) is 45.0 Å². The normalized spacial score (nSPS) is 15.3. The Bertz CT molecular complexity index is 986. The monoisotopic (exact) mass is 418 g/mol. The highest BCUT2D eigenvalue weighted by Crippen LogP contribution is 2.23. The lowest BCUT2D eigenvalue weighted by molar-refractivity contribution is 0.0928. The Morgan fingerprint density at radius 1 is 1.06 bits per heavy atom. The quantitative estimate of drug-likeness (QED) is 0.637. The van der Waals surface area contributed by atoms with Crippen LogP contribution in [0.4, 0.5) is 0 Å². The number of nitrogens with one attached hydrogen (secondary N) is 1.